The molecular weight excluding hydrogens is 402 g/mol. The highest BCUT2D eigenvalue weighted by molar-refractivity contribution is 5.91. The number of amides is 2. The number of anilines is 1. The molecule has 8 nitrogen and oxygen atoms in total. The Kier molecular flexibility index (Phi) is 5.28. The van der Waals surface area contributed by atoms with Crippen LogP contribution in [0, 0.1) is 6.92 Å². The SMILES string of the molecule is Cc1cc(-n2ncc3cc(NC(=O)N[C@@H]4CN(C)C[C@H]4c4ccccc4)ncc32)ccn1. The van der Waals surface area contributed by atoms with Gasteiger partial charge in [0.15, 0.2) is 0 Å². The molecule has 4 heterocycles. The molecule has 162 valence electrons. The van der Waals surface area contributed by atoms with Gasteiger partial charge in [0, 0.05) is 36.3 Å². The van der Waals surface area contributed by atoms with Gasteiger partial charge in [0.2, 0.25) is 0 Å². The lowest BCUT2D eigenvalue weighted by Crippen LogP contribution is -2.42. The number of rotatable bonds is 4. The van der Waals surface area contributed by atoms with Crippen LogP contribution in [0.2, 0.25) is 0 Å². The second-order valence-electron chi connectivity index (χ2n) is 8.28. The van der Waals surface area contributed by atoms with Gasteiger partial charge < -0.3 is 10.2 Å². The lowest BCUT2D eigenvalue weighted by molar-refractivity contribution is 0.247. The number of aromatic nitrogens is 4. The number of nitrogens with one attached hydrogen (secondary N) is 2. The summed E-state index contributed by atoms with van der Waals surface area (Å²) in [4.78, 5) is 23.7. The van der Waals surface area contributed by atoms with Gasteiger partial charge in [-0.25, -0.2) is 14.5 Å². The quantitative estimate of drug-likeness (QED) is 0.522. The lowest BCUT2D eigenvalue weighted by Gasteiger charge is -2.20. The first-order valence-corrected chi connectivity index (χ1v) is 10.6. The highest BCUT2D eigenvalue weighted by Gasteiger charge is 2.33. The molecular formula is C24H25N7O. The van der Waals surface area contributed by atoms with E-state index in [-0.39, 0.29) is 18.0 Å². The van der Waals surface area contributed by atoms with Crippen molar-refractivity contribution in [2.45, 2.75) is 18.9 Å². The van der Waals surface area contributed by atoms with Crippen molar-refractivity contribution in [2.24, 2.45) is 0 Å². The number of carbonyl (C=O) groups excluding carboxylic acids is 1. The summed E-state index contributed by atoms with van der Waals surface area (Å²) in [6.07, 6.45) is 5.26. The lowest BCUT2D eigenvalue weighted by atomic mass is 9.94. The molecule has 8 heteroatoms. The number of benzene rings is 1. The van der Waals surface area contributed by atoms with Crippen molar-refractivity contribution in [2.75, 3.05) is 25.5 Å². The number of aryl methyl sites for hydroxylation is 1. The smallest absolute Gasteiger partial charge is 0.320 e. The van der Waals surface area contributed by atoms with Crippen molar-refractivity contribution in [1.29, 1.82) is 0 Å². The third-order valence-corrected chi connectivity index (χ3v) is 5.87. The van der Waals surface area contributed by atoms with Crippen LogP contribution < -0.4 is 10.6 Å². The maximum Gasteiger partial charge on any atom is 0.320 e. The maximum atomic E-state index is 12.7. The summed E-state index contributed by atoms with van der Waals surface area (Å²) in [5.74, 6) is 0.743. The zero-order valence-electron chi connectivity index (χ0n) is 18.1. The summed E-state index contributed by atoms with van der Waals surface area (Å²) < 4.78 is 1.82. The van der Waals surface area contributed by atoms with Crippen molar-refractivity contribution >= 4 is 22.8 Å². The van der Waals surface area contributed by atoms with Crippen molar-refractivity contribution < 1.29 is 4.79 Å². The standard InChI is InChI=1S/C24H25N7O/c1-16-10-19(8-9-25-16)31-22-13-26-23(11-18(22)12-27-31)29-24(32)28-21-15-30(2)14-20(21)17-6-4-3-5-7-17/h3-13,20-21H,14-15H2,1-2H3,(H2,26,28,29,32)/t20-,21+/m0/s1. The van der Waals surface area contributed by atoms with Crippen LogP contribution in [0.5, 0.6) is 0 Å². The van der Waals surface area contributed by atoms with Gasteiger partial charge in [0.05, 0.1) is 29.6 Å². The normalized spacial score (nSPS) is 18.7. The summed E-state index contributed by atoms with van der Waals surface area (Å²) in [6, 6.07) is 15.8. The maximum absolute atomic E-state index is 12.7. The minimum atomic E-state index is -0.254. The summed E-state index contributed by atoms with van der Waals surface area (Å²) in [7, 11) is 2.08. The number of hydrogen-bond acceptors (Lipinski definition) is 5. The molecule has 1 aliphatic heterocycles. The van der Waals surface area contributed by atoms with Gasteiger partial charge in [-0.1, -0.05) is 30.3 Å². The minimum Gasteiger partial charge on any atom is -0.333 e. The number of urea groups is 1. The Morgan fingerprint density at radius 1 is 1.06 bits per heavy atom. The third-order valence-electron chi connectivity index (χ3n) is 5.87. The molecule has 2 N–H and O–H groups in total. The first-order valence-electron chi connectivity index (χ1n) is 10.6. The van der Waals surface area contributed by atoms with Crippen LogP contribution in [0.3, 0.4) is 0 Å². The molecule has 3 aromatic heterocycles. The second kappa shape index (κ2) is 8.39. The first kappa shape index (κ1) is 20.1. The van der Waals surface area contributed by atoms with Crippen LogP contribution in [-0.2, 0) is 0 Å². The van der Waals surface area contributed by atoms with Gasteiger partial charge in [-0.15, -0.1) is 0 Å². The molecule has 0 spiro atoms. The van der Waals surface area contributed by atoms with Crippen LogP contribution in [-0.4, -0.2) is 56.9 Å². The van der Waals surface area contributed by atoms with E-state index in [0.717, 1.165) is 35.4 Å². The van der Waals surface area contributed by atoms with Gasteiger partial charge in [-0.2, -0.15) is 5.10 Å². The van der Waals surface area contributed by atoms with E-state index in [0.29, 0.717) is 5.82 Å². The van der Waals surface area contributed by atoms with E-state index in [4.69, 9.17) is 0 Å². The number of fused-ring (bicyclic) bond motifs is 1. The molecule has 1 saturated heterocycles. The summed E-state index contributed by atoms with van der Waals surface area (Å²) >= 11 is 0. The predicted molar refractivity (Wildman–Crippen MR) is 124 cm³/mol. The zero-order valence-corrected chi connectivity index (χ0v) is 18.1. The molecule has 0 unspecified atom stereocenters. The molecule has 4 aromatic rings. The molecule has 2 atom stereocenters. The van der Waals surface area contributed by atoms with E-state index in [1.54, 1.807) is 18.6 Å². The zero-order chi connectivity index (χ0) is 22.1. The van der Waals surface area contributed by atoms with E-state index in [9.17, 15) is 4.79 Å². The summed E-state index contributed by atoms with van der Waals surface area (Å²) in [6.45, 7) is 3.66. The van der Waals surface area contributed by atoms with Crippen molar-refractivity contribution in [1.82, 2.24) is 30.0 Å². The molecule has 32 heavy (non-hydrogen) atoms. The fraction of sp³-hybridized carbons (Fsp3) is 0.250. The van der Waals surface area contributed by atoms with Gasteiger partial charge in [0.25, 0.3) is 0 Å². The average molecular weight is 428 g/mol. The summed E-state index contributed by atoms with van der Waals surface area (Å²) in [5, 5.41) is 11.4. The Labute approximate surface area is 186 Å². The van der Waals surface area contributed by atoms with Crippen LogP contribution in [0.1, 0.15) is 17.2 Å². The first-order chi connectivity index (χ1) is 15.6. The van der Waals surface area contributed by atoms with Crippen molar-refractivity contribution in [3.05, 3.63) is 78.4 Å². The van der Waals surface area contributed by atoms with Crippen molar-refractivity contribution in [3.63, 3.8) is 0 Å². The number of pyridine rings is 2. The van der Waals surface area contributed by atoms with Crippen molar-refractivity contribution in [3.8, 4) is 5.69 Å². The predicted octanol–water partition coefficient (Wildman–Crippen LogP) is 3.34. The number of hydrogen-bond donors (Lipinski definition) is 2. The van der Waals surface area contributed by atoms with Crippen LogP contribution in [0.15, 0.2) is 67.1 Å². The van der Waals surface area contributed by atoms with E-state index < -0.39 is 0 Å². The molecule has 1 fully saturated rings. The van der Waals surface area contributed by atoms with Crippen LogP contribution >= 0.6 is 0 Å². The Morgan fingerprint density at radius 3 is 2.72 bits per heavy atom. The Morgan fingerprint density at radius 2 is 1.91 bits per heavy atom. The van der Waals surface area contributed by atoms with Gasteiger partial charge in [-0.05, 0) is 37.7 Å². The van der Waals surface area contributed by atoms with E-state index >= 15 is 0 Å². The molecule has 0 bridgehead atoms. The molecule has 5 rings (SSSR count). The van der Waals surface area contributed by atoms with Gasteiger partial charge in [0.1, 0.15) is 5.82 Å². The van der Waals surface area contributed by atoms with Crippen LogP contribution in [0.25, 0.3) is 16.6 Å². The Bertz CT molecular complexity index is 1250. The Balaban J connectivity index is 1.31. The van der Waals surface area contributed by atoms with Gasteiger partial charge in [-0.3, -0.25) is 10.3 Å². The highest BCUT2D eigenvalue weighted by atomic mass is 16.2. The summed E-state index contributed by atoms with van der Waals surface area (Å²) in [5.41, 5.74) is 3.94. The third kappa shape index (κ3) is 4.04. The number of nitrogens with zero attached hydrogens (tertiary/aromatic N) is 5. The average Bonchev–Trinajstić information content (AvgIpc) is 3.37. The highest BCUT2D eigenvalue weighted by Crippen LogP contribution is 2.27. The molecule has 0 radical (unpaired) electrons. The fourth-order valence-corrected chi connectivity index (χ4v) is 4.37. The monoisotopic (exact) mass is 427 g/mol. The Hall–Kier alpha value is -3.78. The minimum absolute atomic E-state index is 0.0313. The van der Waals surface area contributed by atoms with Gasteiger partial charge >= 0.3 is 6.03 Å². The van der Waals surface area contributed by atoms with Crippen LogP contribution in [0.4, 0.5) is 10.6 Å². The van der Waals surface area contributed by atoms with E-state index in [2.05, 4.69) is 49.8 Å². The van der Waals surface area contributed by atoms with E-state index in [1.807, 2.05) is 48.0 Å². The number of carbonyl (C=O) groups is 1. The topological polar surface area (TPSA) is 88.0 Å². The molecule has 0 saturated carbocycles. The second-order valence-corrected chi connectivity index (χ2v) is 8.28. The van der Waals surface area contributed by atoms with E-state index in [1.165, 1.54) is 5.56 Å². The molecule has 2 amide bonds. The number of likely N-dealkylation sites (N-methyl/N-ethyl adjacent to an activating group) is 1. The fourth-order valence-electron chi connectivity index (χ4n) is 4.37. The number of likely N-dealkylation sites (tertiary alicyclic amines) is 1. The molecule has 1 aromatic carbocycles. The molecule has 1 aliphatic rings. The largest absolute Gasteiger partial charge is 0.333 e. The molecule has 0 aliphatic carbocycles.